The molecule has 0 saturated heterocycles. The van der Waals surface area contributed by atoms with Gasteiger partial charge >= 0.3 is 0 Å². The summed E-state index contributed by atoms with van der Waals surface area (Å²) in [5, 5.41) is 0. The van der Waals surface area contributed by atoms with Crippen LogP contribution in [0, 0.1) is 0 Å². The quantitative estimate of drug-likeness (QED) is 0.872. The van der Waals surface area contributed by atoms with Crippen LogP contribution in [0.4, 0.5) is 0 Å². The molecule has 0 bridgehead atoms. The number of benzene rings is 1. The van der Waals surface area contributed by atoms with Crippen molar-refractivity contribution < 1.29 is 14.2 Å². The Morgan fingerprint density at radius 1 is 1.42 bits per heavy atom. The number of hydrogen-bond acceptors (Lipinski definition) is 4. The average molecular weight is 284 g/mol. The molecular weight excluding hydrogens is 266 g/mol. The van der Waals surface area contributed by atoms with Crippen molar-refractivity contribution in [1.82, 2.24) is 0 Å². The van der Waals surface area contributed by atoms with Crippen LogP contribution in [-0.4, -0.2) is 19.4 Å². The summed E-state index contributed by atoms with van der Waals surface area (Å²) in [6.45, 7) is 2.73. The molecule has 1 heterocycles. The molecule has 2 rings (SSSR count). The van der Waals surface area contributed by atoms with E-state index in [4.69, 9.17) is 31.5 Å². The van der Waals surface area contributed by atoms with Gasteiger partial charge in [0.1, 0.15) is 12.4 Å². The molecule has 0 fully saturated rings. The summed E-state index contributed by atoms with van der Waals surface area (Å²) in [4.78, 5) is 0. The second-order valence-electron chi connectivity index (χ2n) is 4.36. The first kappa shape index (κ1) is 14.0. The number of halogens is 1. The Bertz CT molecular complexity index is 462. The van der Waals surface area contributed by atoms with Gasteiger partial charge in [-0.05, 0) is 30.5 Å². The highest BCUT2D eigenvalue weighted by Crippen LogP contribution is 2.38. The Kier molecular flexibility index (Phi) is 4.93. The number of nitrogens with two attached hydrogens (primary N) is 1. The van der Waals surface area contributed by atoms with Crippen molar-refractivity contribution in [2.75, 3.05) is 13.4 Å². The van der Waals surface area contributed by atoms with Crippen LogP contribution in [0.3, 0.4) is 0 Å². The molecule has 0 saturated carbocycles. The number of fused-ring (bicyclic) bond motifs is 1. The molecule has 4 nitrogen and oxygen atoms in total. The summed E-state index contributed by atoms with van der Waals surface area (Å²) in [5.41, 5.74) is 8.48. The predicted octanol–water partition coefficient (Wildman–Crippen LogP) is 2.83. The smallest absolute Gasteiger partial charge is 0.231 e. The summed E-state index contributed by atoms with van der Waals surface area (Å²) >= 11 is 5.48. The number of ether oxygens (including phenoxy) is 3. The van der Waals surface area contributed by atoms with E-state index in [2.05, 4.69) is 6.92 Å². The lowest BCUT2D eigenvalue weighted by Crippen LogP contribution is -2.21. The topological polar surface area (TPSA) is 53.7 Å². The lowest BCUT2D eigenvalue weighted by molar-refractivity contribution is 0.174. The minimum atomic E-state index is 0.103. The summed E-state index contributed by atoms with van der Waals surface area (Å²) in [6.07, 6.45) is 3.39. The van der Waals surface area contributed by atoms with Gasteiger partial charge in [-0.25, -0.2) is 0 Å². The fraction of sp³-hybridized carbons (Fsp3) is 0.429. The van der Waals surface area contributed by atoms with Gasteiger partial charge in [-0.1, -0.05) is 18.5 Å². The summed E-state index contributed by atoms with van der Waals surface area (Å²) in [7, 11) is 0. The SMILES string of the molecule is CCC(N)Cc1cc2c(cc1OC/C=C/Cl)OCO2. The lowest BCUT2D eigenvalue weighted by atomic mass is 10.0. The molecule has 1 aromatic rings. The minimum absolute atomic E-state index is 0.103. The molecule has 1 unspecified atom stereocenters. The van der Waals surface area contributed by atoms with E-state index in [0.29, 0.717) is 12.4 Å². The number of hydrogen-bond donors (Lipinski definition) is 1. The Labute approximate surface area is 118 Å². The Morgan fingerprint density at radius 2 is 2.16 bits per heavy atom. The third-order valence-electron chi connectivity index (χ3n) is 2.99. The van der Waals surface area contributed by atoms with E-state index in [0.717, 1.165) is 29.9 Å². The maximum atomic E-state index is 6.01. The van der Waals surface area contributed by atoms with Crippen molar-refractivity contribution in [2.24, 2.45) is 5.73 Å². The maximum absolute atomic E-state index is 6.01. The largest absolute Gasteiger partial charge is 0.489 e. The van der Waals surface area contributed by atoms with Crippen molar-refractivity contribution in [3.8, 4) is 17.2 Å². The van der Waals surface area contributed by atoms with E-state index in [9.17, 15) is 0 Å². The van der Waals surface area contributed by atoms with Crippen molar-refractivity contribution in [1.29, 1.82) is 0 Å². The van der Waals surface area contributed by atoms with E-state index in [-0.39, 0.29) is 12.8 Å². The van der Waals surface area contributed by atoms with Crippen molar-refractivity contribution in [3.05, 3.63) is 29.3 Å². The molecule has 104 valence electrons. The molecule has 1 aliphatic heterocycles. The molecule has 1 aromatic carbocycles. The van der Waals surface area contributed by atoms with Crippen LogP contribution in [0.15, 0.2) is 23.7 Å². The highest BCUT2D eigenvalue weighted by atomic mass is 35.5. The minimum Gasteiger partial charge on any atom is -0.489 e. The Hall–Kier alpha value is -1.39. The zero-order valence-electron chi connectivity index (χ0n) is 10.9. The van der Waals surface area contributed by atoms with Crippen molar-refractivity contribution in [2.45, 2.75) is 25.8 Å². The van der Waals surface area contributed by atoms with E-state index in [1.807, 2.05) is 12.1 Å². The van der Waals surface area contributed by atoms with E-state index < -0.39 is 0 Å². The zero-order valence-corrected chi connectivity index (χ0v) is 11.7. The fourth-order valence-electron chi connectivity index (χ4n) is 1.86. The van der Waals surface area contributed by atoms with Crippen molar-refractivity contribution >= 4 is 11.6 Å². The molecule has 0 aromatic heterocycles. The van der Waals surface area contributed by atoms with Crippen LogP contribution in [0.1, 0.15) is 18.9 Å². The van der Waals surface area contributed by atoms with Gasteiger partial charge in [0.25, 0.3) is 0 Å². The summed E-state index contributed by atoms with van der Waals surface area (Å²) < 4.78 is 16.4. The molecule has 5 heteroatoms. The molecule has 1 aliphatic rings. The molecule has 19 heavy (non-hydrogen) atoms. The van der Waals surface area contributed by atoms with Gasteiger partial charge in [-0.3, -0.25) is 0 Å². The molecule has 0 spiro atoms. The molecule has 0 amide bonds. The van der Waals surface area contributed by atoms with Crippen LogP contribution in [-0.2, 0) is 6.42 Å². The molecule has 2 N–H and O–H groups in total. The second-order valence-corrected chi connectivity index (χ2v) is 4.61. The highest BCUT2D eigenvalue weighted by Gasteiger charge is 2.19. The van der Waals surface area contributed by atoms with Gasteiger partial charge < -0.3 is 19.9 Å². The summed E-state index contributed by atoms with van der Waals surface area (Å²) in [6, 6.07) is 3.89. The first-order valence-corrected chi connectivity index (χ1v) is 6.74. The average Bonchev–Trinajstić information content (AvgIpc) is 2.86. The van der Waals surface area contributed by atoms with Gasteiger partial charge in [0.15, 0.2) is 11.5 Å². The van der Waals surface area contributed by atoms with Crippen LogP contribution in [0.25, 0.3) is 0 Å². The third-order valence-corrected chi connectivity index (χ3v) is 3.16. The Balaban J connectivity index is 2.21. The van der Waals surface area contributed by atoms with E-state index in [1.54, 1.807) is 6.08 Å². The van der Waals surface area contributed by atoms with Gasteiger partial charge in [-0.2, -0.15) is 0 Å². The summed E-state index contributed by atoms with van der Waals surface area (Å²) in [5.74, 6) is 2.22. The van der Waals surface area contributed by atoms with Crippen LogP contribution < -0.4 is 19.9 Å². The monoisotopic (exact) mass is 283 g/mol. The molecule has 0 radical (unpaired) electrons. The first-order chi connectivity index (χ1) is 9.24. The van der Waals surface area contributed by atoms with Crippen LogP contribution in [0.5, 0.6) is 17.2 Å². The standard InChI is InChI=1S/C14H18ClNO3/c1-2-11(16)6-10-7-13-14(19-9-18-13)8-12(10)17-5-3-4-15/h3-4,7-8,11H,2,5-6,9,16H2,1H3/b4-3+. The Morgan fingerprint density at radius 3 is 2.84 bits per heavy atom. The molecular formula is C14H18ClNO3. The third kappa shape index (κ3) is 3.55. The predicted molar refractivity (Wildman–Crippen MR) is 75.0 cm³/mol. The fourth-order valence-corrected chi connectivity index (χ4v) is 1.93. The first-order valence-electron chi connectivity index (χ1n) is 6.30. The lowest BCUT2D eigenvalue weighted by Gasteiger charge is -2.14. The molecule has 0 aliphatic carbocycles. The van der Waals surface area contributed by atoms with E-state index in [1.165, 1.54) is 5.54 Å². The van der Waals surface area contributed by atoms with Gasteiger partial charge in [0, 0.05) is 17.6 Å². The van der Waals surface area contributed by atoms with Gasteiger partial charge in [0.05, 0.1) is 0 Å². The number of rotatable bonds is 6. The zero-order chi connectivity index (χ0) is 13.7. The second kappa shape index (κ2) is 6.68. The van der Waals surface area contributed by atoms with Gasteiger partial charge in [-0.15, -0.1) is 0 Å². The van der Waals surface area contributed by atoms with Crippen LogP contribution in [0.2, 0.25) is 0 Å². The normalized spacial score (nSPS) is 14.9. The highest BCUT2D eigenvalue weighted by molar-refractivity contribution is 6.25. The van der Waals surface area contributed by atoms with Crippen molar-refractivity contribution in [3.63, 3.8) is 0 Å². The molecule has 1 atom stereocenters. The van der Waals surface area contributed by atoms with Gasteiger partial charge in [0.2, 0.25) is 6.79 Å². The van der Waals surface area contributed by atoms with E-state index >= 15 is 0 Å². The van der Waals surface area contributed by atoms with Crippen LogP contribution >= 0.6 is 11.6 Å². The maximum Gasteiger partial charge on any atom is 0.231 e.